The van der Waals surface area contributed by atoms with E-state index in [4.69, 9.17) is 10.8 Å². The monoisotopic (exact) mass is 272 g/mol. The molecule has 0 aliphatic rings. The molecule has 4 nitrogen and oxygen atoms in total. The molecule has 0 amide bonds. The highest BCUT2D eigenvalue weighted by Gasteiger charge is 2.09. The smallest absolute Gasteiger partial charge is 0.304 e. The maximum absolute atomic E-state index is 10.4. The zero-order chi connectivity index (χ0) is 11.4. The highest BCUT2D eigenvalue weighted by molar-refractivity contribution is 9.10. The van der Waals surface area contributed by atoms with Crippen LogP contribution >= 0.6 is 15.9 Å². The molecule has 0 aliphatic heterocycles. The van der Waals surface area contributed by atoms with Gasteiger partial charge in [-0.15, -0.1) is 0 Å². The Bertz CT molecular complexity index is 368. The number of halogens is 1. The van der Waals surface area contributed by atoms with E-state index >= 15 is 0 Å². The summed E-state index contributed by atoms with van der Waals surface area (Å²) in [6, 6.07) is 1.60. The summed E-state index contributed by atoms with van der Waals surface area (Å²) >= 11 is 3.30. The number of pyridine rings is 1. The number of aryl methyl sites for hydroxylation is 1. The number of aliphatic carboxylic acids is 1. The molecule has 0 aromatic carbocycles. The van der Waals surface area contributed by atoms with E-state index in [-0.39, 0.29) is 12.5 Å². The third-order valence-corrected chi connectivity index (χ3v) is 2.84. The van der Waals surface area contributed by atoms with Crippen LogP contribution in [-0.2, 0) is 11.2 Å². The van der Waals surface area contributed by atoms with E-state index in [1.165, 1.54) is 0 Å². The average molecular weight is 273 g/mol. The summed E-state index contributed by atoms with van der Waals surface area (Å²) in [5.74, 6) is -0.871. The Hall–Kier alpha value is -0.940. The van der Waals surface area contributed by atoms with Gasteiger partial charge in [0.1, 0.15) is 4.60 Å². The Labute approximate surface area is 96.6 Å². The second kappa shape index (κ2) is 5.23. The molecule has 1 aromatic rings. The molecule has 0 fully saturated rings. The lowest BCUT2D eigenvalue weighted by Gasteiger charge is -2.09. The minimum Gasteiger partial charge on any atom is -0.481 e. The van der Waals surface area contributed by atoms with Gasteiger partial charge in [0.2, 0.25) is 0 Å². The van der Waals surface area contributed by atoms with E-state index < -0.39 is 5.97 Å². The van der Waals surface area contributed by atoms with E-state index in [0.29, 0.717) is 6.42 Å². The summed E-state index contributed by atoms with van der Waals surface area (Å²) in [5.41, 5.74) is 7.66. The summed E-state index contributed by atoms with van der Waals surface area (Å²) in [7, 11) is 0. The SMILES string of the molecule is Cc1cc(C[C@H](N)CC(=O)O)cnc1Br. The Balaban J connectivity index is 2.64. The van der Waals surface area contributed by atoms with Gasteiger partial charge >= 0.3 is 5.97 Å². The van der Waals surface area contributed by atoms with Crippen molar-refractivity contribution in [1.29, 1.82) is 0 Å². The number of rotatable bonds is 4. The predicted molar refractivity (Wildman–Crippen MR) is 60.6 cm³/mol. The summed E-state index contributed by atoms with van der Waals surface area (Å²) in [6.07, 6.45) is 2.22. The largest absolute Gasteiger partial charge is 0.481 e. The van der Waals surface area contributed by atoms with Gasteiger partial charge < -0.3 is 10.8 Å². The van der Waals surface area contributed by atoms with Crippen molar-refractivity contribution in [2.75, 3.05) is 0 Å². The molecule has 15 heavy (non-hydrogen) atoms. The molecular formula is C10H13BrN2O2. The standard InChI is InChI=1S/C10H13BrN2O2/c1-6-2-7(5-13-10(6)11)3-8(12)4-9(14)15/h2,5,8H,3-4,12H2,1H3,(H,14,15)/t8-/m0/s1. The fourth-order valence-electron chi connectivity index (χ4n) is 1.33. The van der Waals surface area contributed by atoms with E-state index in [1.807, 2.05) is 13.0 Å². The van der Waals surface area contributed by atoms with Crippen molar-refractivity contribution in [3.05, 3.63) is 28.0 Å². The second-order valence-corrected chi connectivity index (χ2v) is 4.26. The van der Waals surface area contributed by atoms with Crippen LogP contribution in [0.15, 0.2) is 16.9 Å². The number of carboxylic acid groups (broad SMARTS) is 1. The highest BCUT2D eigenvalue weighted by Crippen LogP contribution is 2.14. The molecule has 1 rings (SSSR count). The Kier molecular flexibility index (Phi) is 4.23. The normalized spacial score (nSPS) is 12.5. The van der Waals surface area contributed by atoms with Crippen molar-refractivity contribution in [3.8, 4) is 0 Å². The van der Waals surface area contributed by atoms with Gasteiger partial charge in [-0.05, 0) is 40.4 Å². The fourth-order valence-corrected chi connectivity index (χ4v) is 1.54. The third-order valence-electron chi connectivity index (χ3n) is 2.01. The quantitative estimate of drug-likeness (QED) is 0.815. The lowest BCUT2D eigenvalue weighted by atomic mass is 10.0. The first-order valence-electron chi connectivity index (χ1n) is 4.57. The van der Waals surface area contributed by atoms with Crippen LogP contribution in [0.4, 0.5) is 0 Å². The van der Waals surface area contributed by atoms with Crippen LogP contribution in [0, 0.1) is 6.92 Å². The summed E-state index contributed by atoms with van der Waals surface area (Å²) < 4.78 is 0.804. The molecule has 82 valence electrons. The fraction of sp³-hybridized carbons (Fsp3) is 0.400. The van der Waals surface area contributed by atoms with Gasteiger partial charge in [0, 0.05) is 12.2 Å². The van der Waals surface area contributed by atoms with Gasteiger partial charge in [0.25, 0.3) is 0 Å². The molecule has 0 unspecified atom stereocenters. The highest BCUT2D eigenvalue weighted by atomic mass is 79.9. The number of carboxylic acids is 1. The maximum Gasteiger partial charge on any atom is 0.304 e. The first kappa shape index (κ1) is 12.1. The lowest BCUT2D eigenvalue weighted by Crippen LogP contribution is -2.26. The van der Waals surface area contributed by atoms with Crippen molar-refractivity contribution in [1.82, 2.24) is 4.98 Å². The number of nitrogens with two attached hydrogens (primary N) is 1. The zero-order valence-electron chi connectivity index (χ0n) is 8.40. The van der Waals surface area contributed by atoms with Gasteiger partial charge in [-0.1, -0.05) is 6.07 Å². The van der Waals surface area contributed by atoms with Gasteiger partial charge in [-0.2, -0.15) is 0 Å². The van der Waals surface area contributed by atoms with Crippen molar-refractivity contribution in [3.63, 3.8) is 0 Å². The topological polar surface area (TPSA) is 76.2 Å². The minimum absolute atomic E-state index is 0.0187. The average Bonchev–Trinajstić information content (AvgIpc) is 2.10. The first-order chi connectivity index (χ1) is 6.99. The van der Waals surface area contributed by atoms with E-state index in [9.17, 15) is 4.79 Å². The van der Waals surface area contributed by atoms with Gasteiger partial charge in [-0.3, -0.25) is 4.79 Å². The van der Waals surface area contributed by atoms with Gasteiger partial charge in [-0.25, -0.2) is 4.98 Å². The molecule has 0 bridgehead atoms. The first-order valence-corrected chi connectivity index (χ1v) is 5.36. The Morgan fingerprint density at radius 3 is 2.93 bits per heavy atom. The van der Waals surface area contributed by atoms with Crippen LogP contribution in [0.25, 0.3) is 0 Å². The number of hydrogen-bond donors (Lipinski definition) is 2. The number of nitrogens with zero attached hydrogens (tertiary/aromatic N) is 1. The molecule has 0 saturated heterocycles. The molecule has 1 aromatic heterocycles. The van der Waals surface area contributed by atoms with Crippen molar-refractivity contribution < 1.29 is 9.90 Å². The van der Waals surface area contributed by atoms with Gasteiger partial charge in [0.15, 0.2) is 0 Å². The Morgan fingerprint density at radius 2 is 2.40 bits per heavy atom. The van der Waals surface area contributed by atoms with Crippen LogP contribution in [0.5, 0.6) is 0 Å². The second-order valence-electron chi connectivity index (χ2n) is 3.51. The van der Waals surface area contributed by atoms with Crippen LogP contribution in [0.2, 0.25) is 0 Å². The van der Waals surface area contributed by atoms with E-state index in [2.05, 4.69) is 20.9 Å². The Morgan fingerprint density at radius 1 is 1.73 bits per heavy atom. The molecule has 1 heterocycles. The predicted octanol–water partition coefficient (Wildman–Crippen LogP) is 1.50. The van der Waals surface area contributed by atoms with Crippen molar-refractivity contribution in [2.24, 2.45) is 5.73 Å². The van der Waals surface area contributed by atoms with Crippen molar-refractivity contribution >= 4 is 21.9 Å². The third kappa shape index (κ3) is 3.97. The van der Waals surface area contributed by atoms with Crippen LogP contribution in [0.1, 0.15) is 17.5 Å². The van der Waals surface area contributed by atoms with Gasteiger partial charge in [0.05, 0.1) is 6.42 Å². The molecule has 0 spiro atoms. The van der Waals surface area contributed by atoms with Crippen LogP contribution in [0.3, 0.4) is 0 Å². The minimum atomic E-state index is -0.871. The number of aromatic nitrogens is 1. The number of hydrogen-bond acceptors (Lipinski definition) is 3. The zero-order valence-corrected chi connectivity index (χ0v) is 9.99. The lowest BCUT2D eigenvalue weighted by molar-refractivity contribution is -0.137. The van der Waals surface area contributed by atoms with Crippen LogP contribution < -0.4 is 5.73 Å². The summed E-state index contributed by atoms with van der Waals surface area (Å²) in [6.45, 7) is 1.93. The molecular weight excluding hydrogens is 260 g/mol. The summed E-state index contributed by atoms with van der Waals surface area (Å²) in [4.78, 5) is 14.5. The number of carbonyl (C=O) groups is 1. The van der Waals surface area contributed by atoms with Crippen molar-refractivity contribution in [2.45, 2.75) is 25.8 Å². The van der Waals surface area contributed by atoms with E-state index in [0.717, 1.165) is 15.7 Å². The maximum atomic E-state index is 10.4. The van der Waals surface area contributed by atoms with Crippen LogP contribution in [-0.4, -0.2) is 22.1 Å². The molecule has 0 radical (unpaired) electrons. The molecule has 1 atom stereocenters. The molecule has 3 N–H and O–H groups in total. The van der Waals surface area contributed by atoms with E-state index in [1.54, 1.807) is 6.20 Å². The molecule has 0 saturated carbocycles. The summed E-state index contributed by atoms with van der Waals surface area (Å²) in [5, 5.41) is 8.56. The molecule has 0 aliphatic carbocycles. The molecule has 5 heteroatoms.